The molecule has 1 aliphatic heterocycles. The summed E-state index contributed by atoms with van der Waals surface area (Å²) in [5, 5.41) is 8.92. The third-order valence-corrected chi connectivity index (χ3v) is 2.75. The van der Waals surface area contributed by atoms with Crippen LogP contribution in [0.25, 0.3) is 0 Å². The Morgan fingerprint density at radius 3 is 3.25 bits per heavy atom. The molecular weight excluding hydrogens is 208 g/mol. The highest BCUT2D eigenvalue weighted by Gasteiger charge is 2.23. The van der Waals surface area contributed by atoms with Crippen LogP contribution in [0.15, 0.2) is 10.7 Å². The van der Waals surface area contributed by atoms with Crippen LogP contribution in [0, 0.1) is 0 Å². The SMILES string of the molecule is CCOC1CCCN(c2nc(CO)co2)C1. The van der Waals surface area contributed by atoms with E-state index >= 15 is 0 Å². The Morgan fingerprint density at radius 1 is 1.69 bits per heavy atom. The van der Waals surface area contributed by atoms with E-state index in [-0.39, 0.29) is 12.7 Å². The minimum Gasteiger partial charge on any atom is -0.432 e. The highest BCUT2D eigenvalue weighted by molar-refractivity contribution is 5.28. The molecule has 5 nitrogen and oxygen atoms in total. The van der Waals surface area contributed by atoms with Crippen LogP contribution in [-0.4, -0.2) is 35.9 Å². The first-order valence-corrected chi connectivity index (χ1v) is 5.75. The van der Waals surface area contributed by atoms with Crippen molar-refractivity contribution in [2.45, 2.75) is 32.5 Å². The maximum atomic E-state index is 8.92. The summed E-state index contributed by atoms with van der Waals surface area (Å²) < 4.78 is 10.9. The molecule has 0 aromatic carbocycles. The summed E-state index contributed by atoms with van der Waals surface area (Å²) in [4.78, 5) is 6.27. The number of rotatable bonds is 4. The number of aliphatic hydroxyl groups is 1. The molecule has 1 fully saturated rings. The first kappa shape index (κ1) is 11.4. The summed E-state index contributed by atoms with van der Waals surface area (Å²) in [7, 11) is 0. The lowest BCUT2D eigenvalue weighted by Gasteiger charge is -2.31. The second-order valence-electron chi connectivity index (χ2n) is 3.95. The summed E-state index contributed by atoms with van der Waals surface area (Å²) >= 11 is 0. The van der Waals surface area contributed by atoms with Crippen LogP contribution >= 0.6 is 0 Å². The molecule has 2 heterocycles. The number of hydrogen-bond donors (Lipinski definition) is 1. The summed E-state index contributed by atoms with van der Waals surface area (Å²) in [5.74, 6) is 0. The molecule has 1 unspecified atom stereocenters. The Balaban J connectivity index is 1.98. The van der Waals surface area contributed by atoms with E-state index in [1.165, 1.54) is 6.26 Å². The van der Waals surface area contributed by atoms with E-state index in [0.717, 1.165) is 32.5 Å². The third-order valence-electron chi connectivity index (χ3n) is 2.75. The van der Waals surface area contributed by atoms with Crippen molar-refractivity contribution in [3.63, 3.8) is 0 Å². The Hall–Kier alpha value is -1.07. The lowest BCUT2D eigenvalue weighted by Crippen LogP contribution is -2.39. The van der Waals surface area contributed by atoms with Gasteiger partial charge in [0.25, 0.3) is 6.01 Å². The topological polar surface area (TPSA) is 58.7 Å². The number of aromatic nitrogens is 1. The Kier molecular flexibility index (Phi) is 3.79. The fraction of sp³-hybridized carbons (Fsp3) is 0.727. The molecule has 90 valence electrons. The van der Waals surface area contributed by atoms with Gasteiger partial charge in [-0.25, -0.2) is 0 Å². The molecule has 0 amide bonds. The highest BCUT2D eigenvalue weighted by atomic mass is 16.5. The third kappa shape index (κ3) is 2.54. The molecule has 2 rings (SSSR count). The van der Waals surface area contributed by atoms with E-state index in [1.807, 2.05) is 6.92 Å². The molecule has 0 saturated carbocycles. The fourth-order valence-corrected chi connectivity index (χ4v) is 2.00. The summed E-state index contributed by atoms with van der Waals surface area (Å²) in [6.45, 7) is 4.43. The molecule has 1 aliphatic rings. The number of ether oxygens (including phenoxy) is 1. The van der Waals surface area contributed by atoms with Crippen LogP contribution in [0.3, 0.4) is 0 Å². The van der Waals surface area contributed by atoms with Gasteiger partial charge in [-0.05, 0) is 19.8 Å². The van der Waals surface area contributed by atoms with E-state index in [0.29, 0.717) is 11.7 Å². The van der Waals surface area contributed by atoms with Gasteiger partial charge in [-0.1, -0.05) is 0 Å². The van der Waals surface area contributed by atoms with Gasteiger partial charge in [0.05, 0.1) is 12.7 Å². The zero-order valence-corrected chi connectivity index (χ0v) is 9.56. The Morgan fingerprint density at radius 2 is 2.56 bits per heavy atom. The number of piperidine rings is 1. The van der Waals surface area contributed by atoms with Crippen molar-refractivity contribution >= 4 is 6.01 Å². The molecule has 1 saturated heterocycles. The van der Waals surface area contributed by atoms with Crippen molar-refractivity contribution in [1.29, 1.82) is 0 Å². The predicted octanol–water partition coefficient (Wildman–Crippen LogP) is 1.17. The van der Waals surface area contributed by atoms with Crippen LogP contribution in [0.2, 0.25) is 0 Å². The van der Waals surface area contributed by atoms with Gasteiger partial charge < -0.3 is 19.2 Å². The van der Waals surface area contributed by atoms with Crippen LogP contribution in [0.5, 0.6) is 0 Å². The van der Waals surface area contributed by atoms with Crippen molar-refractivity contribution < 1.29 is 14.3 Å². The lowest BCUT2D eigenvalue weighted by molar-refractivity contribution is 0.0516. The van der Waals surface area contributed by atoms with Gasteiger partial charge in [-0.15, -0.1) is 0 Å². The van der Waals surface area contributed by atoms with Crippen molar-refractivity contribution in [3.05, 3.63) is 12.0 Å². The molecule has 1 aromatic rings. The molecule has 1 atom stereocenters. The van der Waals surface area contributed by atoms with Crippen LogP contribution in [-0.2, 0) is 11.3 Å². The summed E-state index contributed by atoms with van der Waals surface area (Å²) in [5.41, 5.74) is 0.577. The van der Waals surface area contributed by atoms with Gasteiger partial charge in [0.1, 0.15) is 12.0 Å². The number of nitrogens with zero attached hydrogens (tertiary/aromatic N) is 2. The molecule has 5 heteroatoms. The van der Waals surface area contributed by atoms with Gasteiger partial charge in [0, 0.05) is 19.7 Å². The number of anilines is 1. The predicted molar refractivity (Wildman–Crippen MR) is 59.3 cm³/mol. The molecule has 0 aliphatic carbocycles. The molecule has 0 radical (unpaired) electrons. The van der Waals surface area contributed by atoms with Crippen LogP contribution in [0.1, 0.15) is 25.5 Å². The molecule has 0 bridgehead atoms. The van der Waals surface area contributed by atoms with Crippen molar-refractivity contribution in [3.8, 4) is 0 Å². The van der Waals surface area contributed by atoms with E-state index in [9.17, 15) is 0 Å². The van der Waals surface area contributed by atoms with Crippen molar-refractivity contribution in [1.82, 2.24) is 4.98 Å². The monoisotopic (exact) mass is 226 g/mol. The fourth-order valence-electron chi connectivity index (χ4n) is 2.00. The molecular formula is C11H18N2O3. The summed E-state index contributed by atoms with van der Waals surface area (Å²) in [6.07, 6.45) is 3.95. The van der Waals surface area contributed by atoms with Crippen molar-refractivity contribution in [2.75, 3.05) is 24.6 Å². The van der Waals surface area contributed by atoms with Gasteiger partial charge in [0.15, 0.2) is 0 Å². The van der Waals surface area contributed by atoms with Crippen LogP contribution < -0.4 is 4.90 Å². The first-order valence-electron chi connectivity index (χ1n) is 5.75. The maximum absolute atomic E-state index is 8.92. The smallest absolute Gasteiger partial charge is 0.297 e. The molecule has 1 aromatic heterocycles. The van der Waals surface area contributed by atoms with Gasteiger partial charge in [-0.2, -0.15) is 4.98 Å². The average molecular weight is 226 g/mol. The van der Waals surface area contributed by atoms with E-state index in [4.69, 9.17) is 14.3 Å². The van der Waals surface area contributed by atoms with Gasteiger partial charge in [0.2, 0.25) is 0 Å². The average Bonchev–Trinajstić information content (AvgIpc) is 2.78. The van der Waals surface area contributed by atoms with Crippen molar-refractivity contribution in [2.24, 2.45) is 0 Å². The van der Waals surface area contributed by atoms with Gasteiger partial charge in [-0.3, -0.25) is 0 Å². The lowest BCUT2D eigenvalue weighted by atomic mass is 10.1. The van der Waals surface area contributed by atoms with E-state index in [1.54, 1.807) is 0 Å². The maximum Gasteiger partial charge on any atom is 0.297 e. The van der Waals surface area contributed by atoms with Crippen LogP contribution in [0.4, 0.5) is 6.01 Å². The number of oxazole rings is 1. The quantitative estimate of drug-likeness (QED) is 0.835. The highest BCUT2D eigenvalue weighted by Crippen LogP contribution is 2.20. The zero-order valence-electron chi connectivity index (χ0n) is 9.56. The largest absolute Gasteiger partial charge is 0.432 e. The molecule has 16 heavy (non-hydrogen) atoms. The van der Waals surface area contributed by atoms with E-state index < -0.39 is 0 Å². The Labute approximate surface area is 95.0 Å². The number of aliphatic hydroxyl groups excluding tert-OH is 1. The molecule has 0 spiro atoms. The standard InChI is InChI=1S/C11H18N2O3/c1-2-15-10-4-3-5-13(6-10)11-12-9(7-14)8-16-11/h8,10,14H,2-7H2,1H3. The zero-order chi connectivity index (χ0) is 11.4. The second-order valence-corrected chi connectivity index (χ2v) is 3.95. The number of hydrogen-bond acceptors (Lipinski definition) is 5. The van der Waals surface area contributed by atoms with E-state index in [2.05, 4.69) is 9.88 Å². The summed E-state index contributed by atoms with van der Waals surface area (Å²) in [6, 6.07) is 0.591. The first-order chi connectivity index (χ1) is 7.83. The van der Waals surface area contributed by atoms with Gasteiger partial charge >= 0.3 is 0 Å². The second kappa shape index (κ2) is 5.32. The Bertz CT molecular complexity index is 325. The normalized spacial score (nSPS) is 21.4. The minimum absolute atomic E-state index is 0.0772. The molecule has 1 N–H and O–H groups in total. The minimum atomic E-state index is -0.0772.